The highest BCUT2D eigenvalue weighted by molar-refractivity contribution is 8.16. The van der Waals surface area contributed by atoms with E-state index in [0.29, 0.717) is 5.17 Å². The molecule has 2 aliphatic heterocycles. The summed E-state index contributed by atoms with van der Waals surface area (Å²) in [5, 5.41) is 0.584. The molecular formula is C18H24N2O3S2. The number of aliphatic imine (C=N–C) groups is 1. The van der Waals surface area contributed by atoms with Gasteiger partial charge in [0.2, 0.25) is 0 Å². The molecule has 0 aliphatic carbocycles. The number of benzene rings is 1. The average Bonchev–Trinajstić information content (AvgIpc) is 2.98. The Bertz CT molecular complexity index is 831. The number of carbonyl (C=O) groups excluding carboxylic acids is 1. The molecule has 3 rings (SSSR count). The summed E-state index contributed by atoms with van der Waals surface area (Å²) in [5.74, 6) is -0.0680. The molecule has 0 bridgehead atoms. The molecule has 2 saturated heterocycles. The summed E-state index contributed by atoms with van der Waals surface area (Å²) in [6.07, 6.45) is 0.841. The van der Waals surface area contributed by atoms with E-state index in [1.807, 2.05) is 37.8 Å². The Kier molecular flexibility index (Phi) is 4.99. The minimum absolute atomic E-state index is 0.0620. The highest BCUT2D eigenvalue weighted by atomic mass is 32.2. The van der Waals surface area contributed by atoms with Gasteiger partial charge >= 0.3 is 0 Å². The van der Waals surface area contributed by atoms with Crippen LogP contribution in [0.2, 0.25) is 0 Å². The normalized spacial score (nSPS) is 26.4. The van der Waals surface area contributed by atoms with Gasteiger partial charge in [0.25, 0.3) is 5.91 Å². The quantitative estimate of drug-likeness (QED) is 0.807. The lowest BCUT2D eigenvalue weighted by Crippen LogP contribution is -2.39. The van der Waals surface area contributed by atoms with Crippen molar-refractivity contribution in [2.45, 2.75) is 45.4 Å². The summed E-state index contributed by atoms with van der Waals surface area (Å²) >= 11 is 1.44. The smallest absolute Gasteiger partial charge is 0.250 e. The maximum absolute atomic E-state index is 12.2. The molecule has 0 saturated carbocycles. The zero-order chi connectivity index (χ0) is 18.4. The molecule has 136 valence electrons. The lowest BCUT2D eigenvalue weighted by molar-refractivity contribution is -0.120. The average molecular weight is 381 g/mol. The first-order valence-corrected chi connectivity index (χ1v) is 11.3. The highest BCUT2D eigenvalue weighted by Crippen LogP contribution is 2.43. The zero-order valence-corrected chi connectivity index (χ0v) is 16.7. The van der Waals surface area contributed by atoms with Crippen molar-refractivity contribution in [1.82, 2.24) is 0 Å². The van der Waals surface area contributed by atoms with Crippen molar-refractivity contribution < 1.29 is 13.2 Å². The number of aryl methyl sites for hydroxylation is 2. The molecule has 0 spiro atoms. The SMILES string of the molecule is CCc1cccc(C)c1N1C(=NC(=O)C(C)C)S[C@H]2CS(=O)(=O)C[C@H]21. The fourth-order valence-electron chi connectivity index (χ4n) is 3.40. The number of thioether (sulfide) groups is 1. The maximum Gasteiger partial charge on any atom is 0.250 e. The van der Waals surface area contributed by atoms with Gasteiger partial charge in [0.05, 0.1) is 17.5 Å². The highest BCUT2D eigenvalue weighted by Gasteiger charge is 2.50. The third-order valence-corrected chi connectivity index (χ3v) is 7.92. The molecule has 7 heteroatoms. The van der Waals surface area contributed by atoms with Crippen LogP contribution in [0, 0.1) is 12.8 Å². The number of hydrogen-bond acceptors (Lipinski definition) is 4. The Hall–Kier alpha value is -1.34. The molecule has 0 N–H and O–H groups in total. The topological polar surface area (TPSA) is 66.8 Å². The first-order valence-electron chi connectivity index (χ1n) is 8.61. The van der Waals surface area contributed by atoms with Gasteiger partial charge in [-0.25, -0.2) is 8.42 Å². The van der Waals surface area contributed by atoms with Crippen LogP contribution in [-0.2, 0) is 21.1 Å². The number of carbonyl (C=O) groups is 1. The first kappa shape index (κ1) is 18.5. The van der Waals surface area contributed by atoms with Gasteiger partial charge in [0.1, 0.15) is 0 Å². The molecule has 1 aromatic carbocycles. The second-order valence-electron chi connectivity index (χ2n) is 6.99. The van der Waals surface area contributed by atoms with Crippen LogP contribution in [0.25, 0.3) is 0 Å². The molecule has 25 heavy (non-hydrogen) atoms. The molecular weight excluding hydrogens is 356 g/mol. The van der Waals surface area contributed by atoms with E-state index in [-0.39, 0.29) is 34.6 Å². The second kappa shape index (κ2) is 6.76. The van der Waals surface area contributed by atoms with Crippen LogP contribution in [0.1, 0.15) is 31.9 Å². The summed E-state index contributed by atoms with van der Waals surface area (Å²) in [5.41, 5.74) is 3.24. The van der Waals surface area contributed by atoms with Crippen molar-refractivity contribution in [1.29, 1.82) is 0 Å². The lowest BCUT2D eigenvalue weighted by Gasteiger charge is -2.28. The molecule has 0 radical (unpaired) electrons. The van der Waals surface area contributed by atoms with Crippen LogP contribution in [0.3, 0.4) is 0 Å². The first-order chi connectivity index (χ1) is 11.7. The van der Waals surface area contributed by atoms with Crippen molar-refractivity contribution in [2.24, 2.45) is 10.9 Å². The molecule has 2 atom stereocenters. The van der Waals surface area contributed by atoms with Crippen LogP contribution in [0.5, 0.6) is 0 Å². The van der Waals surface area contributed by atoms with Crippen molar-refractivity contribution >= 4 is 38.4 Å². The predicted molar refractivity (Wildman–Crippen MR) is 104 cm³/mol. The minimum Gasteiger partial charge on any atom is -0.315 e. The zero-order valence-electron chi connectivity index (χ0n) is 15.0. The van der Waals surface area contributed by atoms with Gasteiger partial charge in [-0.1, -0.05) is 50.7 Å². The van der Waals surface area contributed by atoms with Gasteiger partial charge in [-0.15, -0.1) is 0 Å². The van der Waals surface area contributed by atoms with E-state index >= 15 is 0 Å². The van der Waals surface area contributed by atoms with Gasteiger partial charge in [-0.05, 0) is 24.5 Å². The monoisotopic (exact) mass is 380 g/mol. The Morgan fingerprint density at radius 2 is 2.08 bits per heavy atom. The fraction of sp³-hybridized carbons (Fsp3) is 0.556. The Morgan fingerprint density at radius 1 is 1.36 bits per heavy atom. The van der Waals surface area contributed by atoms with E-state index in [9.17, 15) is 13.2 Å². The Morgan fingerprint density at radius 3 is 2.72 bits per heavy atom. The number of rotatable bonds is 3. The molecule has 0 unspecified atom stereocenters. The summed E-state index contributed by atoms with van der Waals surface area (Å²) in [6.45, 7) is 7.76. The molecule has 5 nitrogen and oxygen atoms in total. The van der Waals surface area contributed by atoms with E-state index in [2.05, 4.69) is 18.0 Å². The number of sulfone groups is 1. The van der Waals surface area contributed by atoms with E-state index in [0.717, 1.165) is 23.2 Å². The summed E-state index contributed by atoms with van der Waals surface area (Å²) in [7, 11) is -3.05. The van der Waals surface area contributed by atoms with Crippen LogP contribution < -0.4 is 4.90 Å². The van der Waals surface area contributed by atoms with Gasteiger partial charge in [-0.2, -0.15) is 4.99 Å². The summed E-state index contributed by atoms with van der Waals surface area (Å²) < 4.78 is 24.3. The number of para-hydroxylation sites is 1. The van der Waals surface area contributed by atoms with Gasteiger partial charge in [-0.3, -0.25) is 4.79 Å². The van der Waals surface area contributed by atoms with E-state index in [1.54, 1.807) is 0 Å². The molecule has 1 aromatic rings. The van der Waals surface area contributed by atoms with Crippen molar-refractivity contribution in [3.05, 3.63) is 29.3 Å². The second-order valence-corrected chi connectivity index (χ2v) is 10.4. The Balaban J connectivity index is 2.12. The van der Waals surface area contributed by atoms with Crippen molar-refractivity contribution in [2.75, 3.05) is 16.4 Å². The number of fused-ring (bicyclic) bond motifs is 1. The molecule has 2 aliphatic rings. The lowest BCUT2D eigenvalue weighted by atomic mass is 10.0. The van der Waals surface area contributed by atoms with Crippen molar-refractivity contribution in [3.63, 3.8) is 0 Å². The van der Waals surface area contributed by atoms with Gasteiger partial charge < -0.3 is 4.90 Å². The van der Waals surface area contributed by atoms with Gasteiger partial charge in [0, 0.05) is 16.9 Å². The van der Waals surface area contributed by atoms with Crippen molar-refractivity contribution in [3.8, 4) is 0 Å². The Labute approximate surface area is 153 Å². The predicted octanol–water partition coefficient (Wildman–Crippen LogP) is 2.81. The fourth-order valence-corrected chi connectivity index (χ4v) is 7.30. The summed E-state index contributed by atoms with van der Waals surface area (Å²) in [4.78, 5) is 18.6. The van der Waals surface area contributed by atoms with Gasteiger partial charge in [0.15, 0.2) is 15.0 Å². The molecule has 0 aromatic heterocycles. The molecule has 2 heterocycles. The van der Waals surface area contributed by atoms with Crippen LogP contribution in [0.15, 0.2) is 23.2 Å². The van der Waals surface area contributed by atoms with Crippen LogP contribution in [0.4, 0.5) is 5.69 Å². The third-order valence-electron chi connectivity index (χ3n) is 4.71. The van der Waals surface area contributed by atoms with E-state index < -0.39 is 9.84 Å². The molecule has 2 fully saturated rings. The standard InChI is InChI=1S/C18H24N2O3S2/c1-5-13-8-6-7-12(4)16(13)20-14-9-25(22,23)10-15(14)24-18(20)19-17(21)11(2)3/h6-8,11,14-15H,5,9-10H2,1-4H3/t14-,15+/m1/s1. The third kappa shape index (κ3) is 3.49. The number of amides is 1. The minimum atomic E-state index is -3.05. The van der Waals surface area contributed by atoms with E-state index in [1.165, 1.54) is 11.8 Å². The molecule has 1 amide bonds. The van der Waals surface area contributed by atoms with Crippen LogP contribution >= 0.6 is 11.8 Å². The van der Waals surface area contributed by atoms with Crippen LogP contribution in [-0.4, -0.2) is 42.3 Å². The largest absolute Gasteiger partial charge is 0.315 e. The number of amidine groups is 1. The van der Waals surface area contributed by atoms with E-state index in [4.69, 9.17) is 0 Å². The number of anilines is 1. The maximum atomic E-state index is 12.2. The summed E-state index contributed by atoms with van der Waals surface area (Å²) in [6, 6.07) is 5.95. The number of hydrogen-bond donors (Lipinski definition) is 0. The number of nitrogens with zero attached hydrogens (tertiary/aromatic N) is 2.